The lowest BCUT2D eigenvalue weighted by molar-refractivity contribution is -0.127. The molecule has 1 heterocycles. The number of carbonyl (C=O) groups excluding carboxylic acids is 1. The van der Waals surface area contributed by atoms with Crippen molar-refractivity contribution in [1.82, 2.24) is 10.2 Å². The molecule has 5 heteroatoms. The number of carbonyl (C=O) groups is 1. The lowest BCUT2D eigenvalue weighted by atomic mass is 10.3. The van der Waals surface area contributed by atoms with Crippen molar-refractivity contribution in [3.05, 3.63) is 0 Å². The van der Waals surface area contributed by atoms with E-state index in [0.717, 1.165) is 6.54 Å². The van der Waals surface area contributed by atoms with E-state index in [-0.39, 0.29) is 18.6 Å². The third-order valence-electron chi connectivity index (χ3n) is 2.09. The van der Waals surface area contributed by atoms with Crippen LogP contribution in [-0.2, 0) is 4.79 Å². The summed E-state index contributed by atoms with van der Waals surface area (Å²) in [6.45, 7) is 2.78. The number of rotatable bonds is 5. The van der Waals surface area contributed by atoms with Crippen molar-refractivity contribution in [2.45, 2.75) is 12.5 Å². The van der Waals surface area contributed by atoms with E-state index in [1.807, 2.05) is 0 Å². The maximum atomic E-state index is 11.2. The Morgan fingerprint density at radius 3 is 2.92 bits per heavy atom. The summed E-state index contributed by atoms with van der Waals surface area (Å²) >= 11 is 0. The lowest BCUT2D eigenvalue weighted by Gasteiger charge is -2.15. The monoisotopic (exact) mass is 187 g/mol. The maximum Gasteiger partial charge on any atom is 0.224 e. The van der Waals surface area contributed by atoms with Crippen molar-refractivity contribution in [3.8, 4) is 0 Å². The van der Waals surface area contributed by atoms with Crippen molar-refractivity contribution in [2.75, 3.05) is 32.8 Å². The SMILES string of the molecule is NC1CC(=O)N(CCNCCO)C1. The van der Waals surface area contributed by atoms with Gasteiger partial charge in [-0.05, 0) is 0 Å². The molecule has 0 saturated carbocycles. The Morgan fingerprint density at radius 2 is 2.38 bits per heavy atom. The highest BCUT2D eigenvalue weighted by Crippen LogP contribution is 2.07. The number of aliphatic hydroxyl groups excluding tert-OH is 1. The first kappa shape index (κ1) is 10.4. The molecule has 5 nitrogen and oxygen atoms in total. The molecule has 0 spiro atoms. The molecule has 0 aromatic carbocycles. The zero-order valence-corrected chi connectivity index (χ0v) is 7.70. The Hall–Kier alpha value is -0.650. The average molecular weight is 187 g/mol. The number of aliphatic hydroxyl groups is 1. The van der Waals surface area contributed by atoms with Gasteiger partial charge in [0, 0.05) is 38.6 Å². The largest absolute Gasteiger partial charge is 0.395 e. The first-order valence-corrected chi connectivity index (χ1v) is 4.59. The summed E-state index contributed by atoms with van der Waals surface area (Å²) in [6, 6.07) is 0.00495. The first-order valence-electron chi connectivity index (χ1n) is 4.59. The van der Waals surface area contributed by atoms with Crippen LogP contribution in [0.1, 0.15) is 6.42 Å². The van der Waals surface area contributed by atoms with Gasteiger partial charge in [0.2, 0.25) is 5.91 Å². The van der Waals surface area contributed by atoms with Crippen molar-refractivity contribution >= 4 is 5.91 Å². The van der Waals surface area contributed by atoms with Crippen LogP contribution in [0.5, 0.6) is 0 Å². The molecule has 4 N–H and O–H groups in total. The molecule has 0 radical (unpaired) electrons. The van der Waals surface area contributed by atoms with E-state index in [0.29, 0.717) is 26.1 Å². The van der Waals surface area contributed by atoms with Crippen molar-refractivity contribution < 1.29 is 9.90 Å². The summed E-state index contributed by atoms with van der Waals surface area (Å²) in [6.07, 6.45) is 0.472. The molecular weight excluding hydrogens is 170 g/mol. The van der Waals surface area contributed by atoms with E-state index < -0.39 is 0 Å². The molecule has 0 aromatic heterocycles. The number of nitrogens with one attached hydrogen (secondary N) is 1. The highest BCUT2D eigenvalue weighted by Gasteiger charge is 2.25. The van der Waals surface area contributed by atoms with Crippen molar-refractivity contribution in [3.63, 3.8) is 0 Å². The van der Waals surface area contributed by atoms with Crippen molar-refractivity contribution in [1.29, 1.82) is 0 Å². The fourth-order valence-electron chi connectivity index (χ4n) is 1.44. The normalized spacial score (nSPS) is 22.8. The third kappa shape index (κ3) is 3.30. The van der Waals surface area contributed by atoms with Crippen molar-refractivity contribution in [2.24, 2.45) is 5.73 Å². The van der Waals surface area contributed by atoms with Crippen LogP contribution in [0.3, 0.4) is 0 Å². The Kier molecular flexibility index (Phi) is 4.14. The van der Waals surface area contributed by atoms with Gasteiger partial charge in [-0.2, -0.15) is 0 Å². The van der Waals surface area contributed by atoms with E-state index in [2.05, 4.69) is 5.32 Å². The minimum absolute atomic E-state index is 0.00495. The van der Waals surface area contributed by atoms with Crippen LogP contribution in [0.2, 0.25) is 0 Å². The third-order valence-corrected chi connectivity index (χ3v) is 2.09. The van der Waals surface area contributed by atoms with Crippen LogP contribution in [0.15, 0.2) is 0 Å². The van der Waals surface area contributed by atoms with E-state index in [9.17, 15) is 4.79 Å². The maximum absolute atomic E-state index is 11.2. The highest BCUT2D eigenvalue weighted by atomic mass is 16.3. The van der Waals surface area contributed by atoms with Crippen LogP contribution in [-0.4, -0.2) is 54.7 Å². The summed E-state index contributed by atoms with van der Waals surface area (Å²) in [5, 5.41) is 11.5. The van der Waals surface area contributed by atoms with Gasteiger partial charge in [-0.3, -0.25) is 4.79 Å². The fraction of sp³-hybridized carbons (Fsp3) is 0.875. The van der Waals surface area contributed by atoms with Gasteiger partial charge in [-0.1, -0.05) is 0 Å². The summed E-state index contributed by atoms with van der Waals surface area (Å²) in [4.78, 5) is 13.0. The molecule has 1 unspecified atom stereocenters. The zero-order chi connectivity index (χ0) is 9.68. The van der Waals surface area contributed by atoms with Crippen LogP contribution in [0.25, 0.3) is 0 Å². The van der Waals surface area contributed by atoms with Gasteiger partial charge in [0.05, 0.1) is 6.61 Å². The number of nitrogens with two attached hydrogens (primary N) is 1. The molecule has 76 valence electrons. The second-order valence-corrected chi connectivity index (χ2v) is 3.28. The topological polar surface area (TPSA) is 78.6 Å². The Morgan fingerprint density at radius 1 is 1.62 bits per heavy atom. The smallest absolute Gasteiger partial charge is 0.224 e. The molecule has 1 saturated heterocycles. The van der Waals surface area contributed by atoms with Gasteiger partial charge < -0.3 is 21.1 Å². The first-order chi connectivity index (χ1) is 6.24. The zero-order valence-electron chi connectivity index (χ0n) is 7.70. The molecular formula is C8H17N3O2. The van der Waals surface area contributed by atoms with Crippen LogP contribution >= 0.6 is 0 Å². The number of amides is 1. The summed E-state index contributed by atoms with van der Waals surface area (Å²) in [5.41, 5.74) is 5.62. The summed E-state index contributed by atoms with van der Waals surface area (Å²) < 4.78 is 0. The Bertz CT molecular complexity index is 175. The minimum Gasteiger partial charge on any atom is -0.395 e. The molecule has 1 atom stereocenters. The van der Waals surface area contributed by atoms with Crippen LogP contribution in [0.4, 0.5) is 0 Å². The number of likely N-dealkylation sites (tertiary alicyclic amines) is 1. The Labute approximate surface area is 77.9 Å². The van der Waals surface area contributed by atoms with Crippen LogP contribution < -0.4 is 11.1 Å². The second-order valence-electron chi connectivity index (χ2n) is 3.28. The molecule has 1 aliphatic rings. The van der Waals surface area contributed by atoms with E-state index in [1.165, 1.54) is 0 Å². The minimum atomic E-state index is 0.00495. The predicted octanol–water partition coefficient (Wildman–Crippen LogP) is -1.87. The van der Waals surface area contributed by atoms with Crippen LogP contribution in [0, 0.1) is 0 Å². The molecule has 1 aliphatic heterocycles. The number of hydrogen-bond acceptors (Lipinski definition) is 4. The van der Waals surface area contributed by atoms with Gasteiger partial charge in [-0.25, -0.2) is 0 Å². The van der Waals surface area contributed by atoms with E-state index in [1.54, 1.807) is 4.90 Å². The highest BCUT2D eigenvalue weighted by molar-refractivity contribution is 5.79. The molecule has 1 rings (SSSR count). The quantitative estimate of drug-likeness (QED) is 0.440. The summed E-state index contributed by atoms with van der Waals surface area (Å²) in [7, 11) is 0. The lowest BCUT2D eigenvalue weighted by Crippen LogP contribution is -2.35. The van der Waals surface area contributed by atoms with Gasteiger partial charge >= 0.3 is 0 Å². The molecule has 0 aromatic rings. The van der Waals surface area contributed by atoms with E-state index in [4.69, 9.17) is 10.8 Å². The standard InChI is InChI=1S/C8H17N3O2/c9-7-5-8(13)11(6-7)3-1-10-2-4-12/h7,10,12H,1-6,9H2. The fourth-order valence-corrected chi connectivity index (χ4v) is 1.44. The van der Waals surface area contributed by atoms with Gasteiger partial charge in [0.15, 0.2) is 0 Å². The summed E-state index contributed by atoms with van der Waals surface area (Å²) in [5.74, 6) is 0.137. The predicted molar refractivity (Wildman–Crippen MR) is 49.1 cm³/mol. The molecule has 1 fully saturated rings. The Balaban J connectivity index is 2.11. The van der Waals surface area contributed by atoms with Gasteiger partial charge in [0.1, 0.15) is 0 Å². The second kappa shape index (κ2) is 5.16. The van der Waals surface area contributed by atoms with Gasteiger partial charge in [0.25, 0.3) is 0 Å². The molecule has 0 bridgehead atoms. The molecule has 0 aliphatic carbocycles. The number of nitrogens with zero attached hydrogens (tertiary/aromatic N) is 1. The van der Waals surface area contributed by atoms with Gasteiger partial charge in [-0.15, -0.1) is 0 Å². The number of hydrogen-bond donors (Lipinski definition) is 3. The molecule has 13 heavy (non-hydrogen) atoms. The molecule has 1 amide bonds. The average Bonchev–Trinajstić information content (AvgIpc) is 2.39. The van der Waals surface area contributed by atoms with E-state index >= 15 is 0 Å².